The normalized spacial score (nSPS) is 12.0. The Hall–Kier alpha value is -2.70. The topological polar surface area (TPSA) is 75.4 Å². The van der Waals surface area contributed by atoms with Crippen LogP contribution in [-0.4, -0.2) is 44.8 Å². The summed E-state index contributed by atoms with van der Waals surface area (Å²) in [5.74, 6) is -2.94. The maximum Gasteiger partial charge on any atom is 0.316 e. The summed E-state index contributed by atoms with van der Waals surface area (Å²) >= 11 is 0. The minimum absolute atomic E-state index is 0.0914. The molecule has 7 heteroatoms. The van der Waals surface area contributed by atoms with Crippen molar-refractivity contribution in [1.29, 1.82) is 0 Å². The molecule has 0 radical (unpaired) electrons. The lowest BCUT2D eigenvalue weighted by Crippen LogP contribution is -2.40. The Kier molecular flexibility index (Phi) is 6.27. The minimum Gasteiger partial charge on any atom is -0.481 e. The molecular formula is C18H22FN3O3. The molecule has 2 aromatic rings. The fraction of sp³-hybridized carbons (Fsp3) is 0.389. The Balaban J connectivity index is 2.08. The van der Waals surface area contributed by atoms with Gasteiger partial charge in [0.1, 0.15) is 11.7 Å². The molecule has 0 aliphatic carbocycles. The van der Waals surface area contributed by atoms with E-state index in [9.17, 15) is 19.1 Å². The summed E-state index contributed by atoms with van der Waals surface area (Å²) in [5.41, 5.74) is 1.56. The number of amides is 1. The van der Waals surface area contributed by atoms with E-state index in [1.54, 1.807) is 29.2 Å². The largest absolute Gasteiger partial charge is 0.481 e. The highest BCUT2D eigenvalue weighted by Crippen LogP contribution is 2.13. The minimum atomic E-state index is -1.14. The number of carboxylic acid groups (broad SMARTS) is 1. The van der Waals surface area contributed by atoms with Crippen molar-refractivity contribution in [2.45, 2.75) is 26.8 Å². The van der Waals surface area contributed by atoms with Crippen LogP contribution >= 0.6 is 0 Å². The van der Waals surface area contributed by atoms with Gasteiger partial charge in [-0.3, -0.25) is 14.3 Å². The summed E-state index contributed by atoms with van der Waals surface area (Å²) in [6, 6.07) is 6.09. The molecule has 2 rings (SSSR count). The van der Waals surface area contributed by atoms with Gasteiger partial charge in [-0.15, -0.1) is 0 Å². The molecule has 0 aliphatic rings. The van der Waals surface area contributed by atoms with Crippen LogP contribution in [0.15, 0.2) is 36.7 Å². The van der Waals surface area contributed by atoms with Crippen LogP contribution in [0.3, 0.4) is 0 Å². The number of hydrogen-bond acceptors (Lipinski definition) is 3. The molecule has 0 spiro atoms. The zero-order valence-electron chi connectivity index (χ0n) is 14.4. The Bertz CT molecular complexity index is 723. The van der Waals surface area contributed by atoms with Gasteiger partial charge in [-0.1, -0.05) is 12.1 Å². The van der Waals surface area contributed by atoms with E-state index in [0.717, 1.165) is 5.56 Å². The highest BCUT2D eigenvalue weighted by atomic mass is 19.1. The van der Waals surface area contributed by atoms with Crippen molar-refractivity contribution < 1.29 is 19.1 Å². The third-order valence-corrected chi connectivity index (χ3v) is 4.06. The Morgan fingerprint density at radius 3 is 2.40 bits per heavy atom. The highest BCUT2D eigenvalue weighted by molar-refractivity contribution is 5.97. The number of rotatable bonds is 8. The third-order valence-electron chi connectivity index (χ3n) is 4.06. The highest BCUT2D eigenvalue weighted by Gasteiger charge is 2.30. The number of carboxylic acids is 1. The number of nitrogens with zero attached hydrogens (tertiary/aromatic N) is 3. The molecule has 1 atom stereocenters. The first-order valence-electron chi connectivity index (χ1n) is 8.22. The van der Waals surface area contributed by atoms with Gasteiger partial charge in [-0.05, 0) is 43.5 Å². The Morgan fingerprint density at radius 1 is 1.20 bits per heavy atom. The van der Waals surface area contributed by atoms with E-state index in [1.807, 2.05) is 13.8 Å². The molecule has 6 nitrogen and oxygen atoms in total. The number of carbonyl (C=O) groups excluding carboxylic acids is 1. The molecule has 1 N–H and O–H groups in total. The van der Waals surface area contributed by atoms with Crippen LogP contribution in [0.5, 0.6) is 0 Å². The van der Waals surface area contributed by atoms with Crippen LogP contribution in [-0.2, 0) is 22.6 Å². The summed E-state index contributed by atoms with van der Waals surface area (Å²) in [7, 11) is 0. The van der Waals surface area contributed by atoms with E-state index < -0.39 is 11.9 Å². The molecule has 0 saturated heterocycles. The van der Waals surface area contributed by atoms with Gasteiger partial charge in [0.15, 0.2) is 0 Å². The van der Waals surface area contributed by atoms with Crippen molar-refractivity contribution in [3.8, 4) is 0 Å². The van der Waals surface area contributed by atoms with Gasteiger partial charge in [-0.25, -0.2) is 4.39 Å². The second-order valence-electron chi connectivity index (χ2n) is 5.78. The molecule has 134 valence electrons. The van der Waals surface area contributed by atoms with Crippen LogP contribution in [0.4, 0.5) is 4.39 Å². The molecule has 1 aromatic heterocycles. The average Bonchev–Trinajstić information content (AvgIpc) is 3.02. The summed E-state index contributed by atoms with van der Waals surface area (Å²) in [4.78, 5) is 25.4. The Labute approximate surface area is 145 Å². The molecule has 0 fully saturated rings. The lowest BCUT2D eigenvalue weighted by atomic mass is 10.00. The third kappa shape index (κ3) is 4.89. The molecular weight excluding hydrogens is 325 g/mol. The smallest absolute Gasteiger partial charge is 0.316 e. The van der Waals surface area contributed by atoms with Crippen LogP contribution in [0, 0.1) is 11.7 Å². The van der Waals surface area contributed by atoms with Crippen molar-refractivity contribution in [3.05, 3.63) is 53.6 Å². The van der Waals surface area contributed by atoms with E-state index in [1.165, 1.54) is 17.0 Å². The fourth-order valence-electron chi connectivity index (χ4n) is 2.65. The monoisotopic (exact) mass is 347 g/mol. The van der Waals surface area contributed by atoms with Gasteiger partial charge in [0, 0.05) is 19.3 Å². The van der Waals surface area contributed by atoms with Crippen molar-refractivity contribution in [2.24, 2.45) is 5.92 Å². The first kappa shape index (κ1) is 18.6. The number of halogens is 1. The van der Waals surface area contributed by atoms with Crippen LogP contribution in [0.25, 0.3) is 0 Å². The number of benzene rings is 1. The lowest BCUT2D eigenvalue weighted by molar-refractivity contribution is -0.150. The van der Waals surface area contributed by atoms with Gasteiger partial charge in [0.25, 0.3) is 0 Å². The molecule has 1 unspecified atom stereocenters. The second kappa shape index (κ2) is 8.41. The maximum absolute atomic E-state index is 12.9. The van der Waals surface area contributed by atoms with Crippen LogP contribution < -0.4 is 0 Å². The predicted molar refractivity (Wildman–Crippen MR) is 90.5 cm³/mol. The SMILES string of the molecule is CCN(CC)C(=O)C(Cc1cnn(Cc2ccc(F)cc2)c1)C(=O)O. The van der Waals surface area contributed by atoms with Crippen LogP contribution in [0.2, 0.25) is 0 Å². The molecule has 1 amide bonds. The summed E-state index contributed by atoms with van der Waals surface area (Å²) in [6.45, 7) is 5.04. The first-order valence-corrected chi connectivity index (χ1v) is 8.22. The molecule has 25 heavy (non-hydrogen) atoms. The molecule has 0 saturated carbocycles. The van der Waals surface area contributed by atoms with E-state index in [4.69, 9.17) is 0 Å². The summed E-state index contributed by atoms with van der Waals surface area (Å²) < 4.78 is 14.6. The molecule has 0 bridgehead atoms. The number of aliphatic carboxylic acids is 1. The van der Waals surface area contributed by atoms with Crippen molar-refractivity contribution in [1.82, 2.24) is 14.7 Å². The van der Waals surface area contributed by atoms with Gasteiger partial charge in [0.05, 0.1) is 12.7 Å². The number of carbonyl (C=O) groups is 2. The van der Waals surface area contributed by atoms with Gasteiger partial charge < -0.3 is 10.0 Å². The van der Waals surface area contributed by atoms with Crippen molar-refractivity contribution >= 4 is 11.9 Å². The zero-order valence-corrected chi connectivity index (χ0v) is 14.4. The number of hydrogen-bond donors (Lipinski definition) is 1. The predicted octanol–water partition coefficient (Wildman–Crippen LogP) is 2.18. The molecule has 1 heterocycles. The van der Waals surface area contributed by atoms with Gasteiger partial charge in [-0.2, -0.15) is 5.10 Å². The molecule has 1 aromatic carbocycles. The van der Waals surface area contributed by atoms with E-state index in [-0.39, 0.29) is 18.1 Å². The fourth-order valence-corrected chi connectivity index (χ4v) is 2.65. The first-order chi connectivity index (χ1) is 11.9. The van der Waals surface area contributed by atoms with Gasteiger partial charge >= 0.3 is 5.97 Å². The quantitative estimate of drug-likeness (QED) is 0.743. The van der Waals surface area contributed by atoms with E-state index in [0.29, 0.717) is 25.2 Å². The van der Waals surface area contributed by atoms with Crippen LogP contribution in [0.1, 0.15) is 25.0 Å². The standard InChI is InChI=1S/C18H22FN3O3/c1-3-21(4-2)17(23)16(18(24)25)9-14-10-20-22(12-14)11-13-5-7-15(19)8-6-13/h5-8,10,12,16H,3-4,9,11H2,1-2H3,(H,24,25). The van der Waals surface area contributed by atoms with Crippen molar-refractivity contribution in [2.75, 3.05) is 13.1 Å². The number of aromatic nitrogens is 2. The molecule has 0 aliphatic heterocycles. The summed E-state index contributed by atoms with van der Waals surface area (Å²) in [6.07, 6.45) is 3.37. The van der Waals surface area contributed by atoms with Gasteiger partial charge in [0.2, 0.25) is 5.91 Å². The lowest BCUT2D eigenvalue weighted by Gasteiger charge is -2.22. The zero-order chi connectivity index (χ0) is 18.4. The average molecular weight is 347 g/mol. The van der Waals surface area contributed by atoms with Crippen molar-refractivity contribution in [3.63, 3.8) is 0 Å². The Morgan fingerprint density at radius 2 is 1.84 bits per heavy atom. The van der Waals surface area contributed by atoms with E-state index in [2.05, 4.69) is 5.10 Å². The maximum atomic E-state index is 12.9. The summed E-state index contributed by atoms with van der Waals surface area (Å²) in [5, 5.41) is 13.6. The second-order valence-corrected chi connectivity index (χ2v) is 5.78. The van der Waals surface area contributed by atoms with E-state index >= 15 is 0 Å².